The number of hydrogen-bond donors (Lipinski definition) is 2. The Balaban J connectivity index is 0.00000338. The van der Waals surface area contributed by atoms with Gasteiger partial charge in [-0.05, 0) is 45.4 Å². The van der Waals surface area contributed by atoms with Crippen LogP contribution >= 0.6 is 35.7 Å². The first-order valence-corrected chi connectivity index (χ1v) is 9.88. The molecule has 0 saturated heterocycles. The van der Waals surface area contributed by atoms with E-state index in [0.29, 0.717) is 0 Å². The van der Waals surface area contributed by atoms with Crippen LogP contribution in [0.15, 0.2) is 46.3 Å². The lowest BCUT2D eigenvalue weighted by Crippen LogP contribution is -2.38. The van der Waals surface area contributed by atoms with E-state index in [1.54, 1.807) is 0 Å². The maximum absolute atomic E-state index is 4.65. The van der Waals surface area contributed by atoms with Gasteiger partial charge in [0.2, 0.25) is 0 Å². The van der Waals surface area contributed by atoms with Gasteiger partial charge in [0.1, 0.15) is 0 Å². The summed E-state index contributed by atoms with van der Waals surface area (Å²) in [4.78, 5) is 5.96. The van der Waals surface area contributed by atoms with Crippen molar-refractivity contribution >= 4 is 41.7 Å². The van der Waals surface area contributed by atoms with Gasteiger partial charge in [-0.25, -0.2) is 0 Å². The Hall–Kier alpha value is -1.22. The number of benzene rings is 1. The second kappa shape index (κ2) is 13.0. The van der Waals surface area contributed by atoms with Gasteiger partial charge in [0.15, 0.2) is 5.96 Å². The molecular formula is C19H30IN5S. The molecule has 0 aliphatic heterocycles. The van der Waals surface area contributed by atoms with E-state index in [1.165, 1.54) is 10.6 Å². The fraction of sp³-hybridized carbons (Fsp3) is 0.474. The molecule has 2 aromatic rings. The third-order valence-electron chi connectivity index (χ3n) is 3.65. The van der Waals surface area contributed by atoms with Crippen LogP contribution in [0.25, 0.3) is 0 Å². The van der Waals surface area contributed by atoms with E-state index in [2.05, 4.69) is 69.6 Å². The highest BCUT2D eigenvalue weighted by molar-refractivity contribution is 14.0. The van der Waals surface area contributed by atoms with Crippen LogP contribution in [0, 0.1) is 13.8 Å². The van der Waals surface area contributed by atoms with E-state index in [0.717, 1.165) is 50.0 Å². The molecule has 5 nitrogen and oxygen atoms in total. The highest BCUT2D eigenvalue weighted by atomic mass is 127. The molecule has 0 spiro atoms. The summed E-state index contributed by atoms with van der Waals surface area (Å²) in [5, 5.41) is 11.2. The Bertz CT molecular complexity index is 657. The quantitative estimate of drug-likeness (QED) is 0.186. The smallest absolute Gasteiger partial charge is 0.191 e. The molecule has 0 atom stereocenters. The molecule has 0 unspecified atom stereocenters. The van der Waals surface area contributed by atoms with Gasteiger partial charge in [0.05, 0.1) is 5.69 Å². The standard InChI is InChI=1S/C19H29N5S.HI/c1-4-20-19(22-12-14-25-18-9-6-5-7-10-18)21-11-8-13-24-17(3)15-16(2)23-24;/h5-7,9-10,15H,4,8,11-14H2,1-3H3,(H2,20,21,22);1H. The van der Waals surface area contributed by atoms with E-state index >= 15 is 0 Å². The molecule has 0 saturated carbocycles. The summed E-state index contributed by atoms with van der Waals surface area (Å²) in [6.45, 7) is 9.68. The number of aliphatic imine (C=N–C) groups is 1. The second-order valence-corrected chi connectivity index (χ2v) is 7.02. The van der Waals surface area contributed by atoms with Gasteiger partial charge < -0.3 is 10.6 Å². The van der Waals surface area contributed by atoms with Crippen LogP contribution in [0.3, 0.4) is 0 Å². The minimum atomic E-state index is 0. The average molecular weight is 487 g/mol. The number of aromatic nitrogens is 2. The van der Waals surface area contributed by atoms with Gasteiger partial charge in [0, 0.05) is 42.5 Å². The minimum absolute atomic E-state index is 0. The third kappa shape index (κ3) is 8.44. The van der Waals surface area contributed by atoms with Crippen molar-refractivity contribution in [2.24, 2.45) is 4.99 Å². The van der Waals surface area contributed by atoms with Crippen LogP contribution in [0.2, 0.25) is 0 Å². The molecule has 0 amide bonds. The summed E-state index contributed by atoms with van der Waals surface area (Å²) in [6, 6.07) is 12.6. The van der Waals surface area contributed by atoms with Crippen LogP contribution < -0.4 is 10.6 Å². The van der Waals surface area contributed by atoms with Gasteiger partial charge in [-0.1, -0.05) is 18.2 Å². The van der Waals surface area contributed by atoms with Crippen molar-refractivity contribution in [2.75, 3.05) is 25.4 Å². The van der Waals surface area contributed by atoms with E-state index < -0.39 is 0 Å². The lowest BCUT2D eigenvalue weighted by Gasteiger charge is -2.11. The van der Waals surface area contributed by atoms with Crippen LogP contribution in [0.1, 0.15) is 24.7 Å². The summed E-state index contributed by atoms with van der Waals surface area (Å²) in [5.41, 5.74) is 2.29. The second-order valence-electron chi connectivity index (χ2n) is 5.85. The Morgan fingerprint density at radius 1 is 1.19 bits per heavy atom. The van der Waals surface area contributed by atoms with Crippen molar-refractivity contribution in [3.8, 4) is 0 Å². The Labute approximate surface area is 178 Å². The van der Waals surface area contributed by atoms with Gasteiger partial charge in [-0.2, -0.15) is 5.10 Å². The first-order chi connectivity index (χ1) is 12.2. The molecule has 144 valence electrons. The molecule has 2 rings (SSSR count). The molecule has 2 N–H and O–H groups in total. The molecule has 1 aromatic heterocycles. The van der Waals surface area contributed by atoms with E-state index in [9.17, 15) is 0 Å². The fourth-order valence-electron chi connectivity index (χ4n) is 2.51. The zero-order valence-corrected chi connectivity index (χ0v) is 19.0. The largest absolute Gasteiger partial charge is 0.357 e. The topological polar surface area (TPSA) is 54.2 Å². The SMILES string of the molecule is CCNC(=NCCCn1nc(C)cc1C)NCCSc1ccccc1.I. The fourth-order valence-corrected chi connectivity index (χ4v) is 3.30. The van der Waals surface area contributed by atoms with Crippen molar-refractivity contribution < 1.29 is 0 Å². The summed E-state index contributed by atoms with van der Waals surface area (Å²) in [7, 11) is 0. The highest BCUT2D eigenvalue weighted by Gasteiger charge is 2.01. The van der Waals surface area contributed by atoms with E-state index in [-0.39, 0.29) is 24.0 Å². The summed E-state index contributed by atoms with van der Waals surface area (Å²) in [5.74, 6) is 1.91. The number of rotatable bonds is 9. The number of nitrogens with zero attached hydrogens (tertiary/aromatic N) is 3. The molecule has 1 heterocycles. The van der Waals surface area contributed by atoms with Crippen molar-refractivity contribution in [1.29, 1.82) is 0 Å². The number of halogens is 1. The van der Waals surface area contributed by atoms with Crippen LogP contribution in [-0.2, 0) is 6.54 Å². The van der Waals surface area contributed by atoms with Crippen LogP contribution in [-0.4, -0.2) is 41.1 Å². The molecule has 7 heteroatoms. The number of nitrogens with one attached hydrogen (secondary N) is 2. The predicted octanol–water partition coefficient (Wildman–Crippen LogP) is 3.86. The average Bonchev–Trinajstić information content (AvgIpc) is 2.93. The molecule has 0 aliphatic carbocycles. The van der Waals surface area contributed by atoms with E-state index in [1.807, 2.05) is 24.8 Å². The van der Waals surface area contributed by atoms with E-state index in [4.69, 9.17) is 0 Å². The first-order valence-electron chi connectivity index (χ1n) is 8.90. The molecule has 0 bridgehead atoms. The number of thioether (sulfide) groups is 1. The molecule has 0 aliphatic rings. The van der Waals surface area contributed by atoms with Crippen molar-refractivity contribution in [3.63, 3.8) is 0 Å². The van der Waals surface area contributed by atoms with Crippen molar-refractivity contribution in [3.05, 3.63) is 47.8 Å². The monoisotopic (exact) mass is 487 g/mol. The molecule has 0 fully saturated rings. The zero-order valence-electron chi connectivity index (χ0n) is 15.9. The number of guanidine groups is 1. The molecule has 1 aromatic carbocycles. The van der Waals surface area contributed by atoms with Gasteiger partial charge in [0.25, 0.3) is 0 Å². The maximum Gasteiger partial charge on any atom is 0.191 e. The molecular weight excluding hydrogens is 457 g/mol. The first kappa shape index (κ1) is 22.8. The number of hydrogen-bond acceptors (Lipinski definition) is 3. The van der Waals surface area contributed by atoms with Gasteiger partial charge in [-0.15, -0.1) is 35.7 Å². The highest BCUT2D eigenvalue weighted by Crippen LogP contribution is 2.15. The summed E-state index contributed by atoms with van der Waals surface area (Å²) >= 11 is 1.85. The third-order valence-corrected chi connectivity index (χ3v) is 4.67. The van der Waals surface area contributed by atoms with Crippen LogP contribution in [0.4, 0.5) is 0 Å². The molecule has 26 heavy (non-hydrogen) atoms. The summed E-state index contributed by atoms with van der Waals surface area (Å²) in [6.07, 6.45) is 0.983. The Kier molecular flexibility index (Phi) is 11.4. The lowest BCUT2D eigenvalue weighted by molar-refractivity contribution is 0.567. The predicted molar refractivity (Wildman–Crippen MR) is 123 cm³/mol. The van der Waals surface area contributed by atoms with Crippen molar-refractivity contribution in [2.45, 2.75) is 38.6 Å². The normalized spacial score (nSPS) is 11.1. The number of aryl methyl sites for hydroxylation is 3. The Morgan fingerprint density at radius 3 is 2.62 bits per heavy atom. The summed E-state index contributed by atoms with van der Waals surface area (Å²) < 4.78 is 2.06. The zero-order chi connectivity index (χ0) is 17.9. The Morgan fingerprint density at radius 2 is 1.96 bits per heavy atom. The minimum Gasteiger partial charge on any atom is -0.357 e. The molecule has 0 radical (unpaired) electrons. The van der Waals surface area contributed by atoms with Crippen LogP contribution in [0.5, 0.6) is 0 Å². The lowest BCUT2D eigenvalue weighted by atomic mass is 10.4. The van der Waals surface area contributed by atoms with Crippen molar-refractivity contribution in [1.82, 2.24) is 20.4 Å². The maximum atomic E-state index is 4.65. The van der Waals surface area contributed by atoms with Gasteiger partial charge >= 0.3 is 0 Å². The van der Waals surface area contributed by atoms with Gasteiger partial charge in [-0.3, -0.25) is 9.67 Å².